The molecular weight excluding hydrogens is 483 g/mol. The van der Waals surface area contributed by atoms with E-state index in [1.54, 1.807) is 21.0 Å². The molecule has 6 unspecified atom stereocenters. The normalized spacial score (nSPS) is 28.8. The van der Waals surface area contributed by atoms with Crippen molar-refractivity contribution < 1.29 is 46.4 Å². The Kier molecular flexibility index (Phi) is 12.6. The molecule has 6 atom stereocenters. The first-order valence-electron chi connectivity index (χ1n) is 12.7. The Balaban J connectivity index is 2.14. The minimum absolute atomic E-state index is 0.00412. The van der Waals surface area contributed by atoms with E-state index in [1.165, 1.54) is 25.3 Å². The number of hydrogen-bond acceptors (Lipinski definition) is 7. The highest BCUT2D eigenvalue weighted by Crippen LogP contribution is 2.35. The van der Waals surface area contributed by atoms with Gasteiger partial charge in [-0.15, -0.1) is 6.58 Å². The molecule has 0 saturated carbocycles. The molecule has 2 aliphatic heterocycles. The lowest BCUT2D eigenvalue weighted by atomic mass is 9.94. The number of unbranched alkanes of at least 4 members (excludes halogenated alkanes) is 4. The summed E-state index contributed by atoms with van der Waals surface area (Å²) < 4.78 is 74.3. The molecule has 0 aromatic carbocycles. The first-order chi connectivity index (χ1) is 17.0. The SMILES string of the molecule is C=CCOC1OC2COC(C)(C)OC2C(OCCC(CCCCCCC)OC)C1NC(=O)C(F)(F)F. The van der Waals surface area contributed by atoms with E-state index in [0.29, 0.717) is 6.42 Å². The van der Waals surface area contributed by atoms with Crippen molar-refractivity contribution in [2.45, 2.75) is 114 Å². The fourth-order valence-electron chi connectivity index (χ4n) is 4.41. The van der Waals surface area contributed by atoms with Gasteiger partial charge in [-0.1, -0.05) is 45.1 Å². The summed E-state index contributed by atoms with van der Waals surface area (Å²) in [6.45, 7) is 9.45. The second-order valence-electron chi connectivity index (χ2n) is 9.64. The molecule has 2 saturated heterocycles. The highest BCUT2D eigenvalue weighted by molar-refractivity contribution is 5.82. The van der Waals surface area contributed by atoms with Gasteiger partial charge in [-0.25, -0.2) is 0 Å². The van der Waals surface area contributed by atoms with Gasteiger partial charge in [-0.2, -0.15) is 13.2 Å². The average Bonchev–Trinajstić information content (AvgIpc) is 2.81. The van der Waals surface area contributed by atoms with Gasteiger partial charge in [0.2, 0.25) is 0 Å². The molecule has 8 nitrogen and oxygen atoms in total. The summed E-state index contributed by atoms with van der Waals surface area (Å²) in [5, 5.41) is 2.01. The third-order valence-corrected chi connectivity index (χ3v) is 6.31. The molecule has 1 N–H and O–H groups in total. The van der Waals surface area contributed by atoms with Crippen molar-refractivity contribution in [2.75, 3.05) is 26.9 Å². The predicted octanol–water partition coefficient (Wildman–Crippen LogP) is 4.26. The van der Waals surface area contributed by atoms with Crippen LogP contribution in [0, 0.1) is 0 Å². The van der Waals surface area contributed by atoms with Crippen molar-refractivity contribution in [1.82, 2.24) is 5.32 Å². The predicted molar refractivity (Wildman–Crippen MR) is 126 cm³/mol. The van der Waals surface area contributed by atoms with Crippen LogP contribution in [0.1, 0.15) is 65.7 Å². The Hall–Kier alpha value is -1.24. The molecule has 2 heterocycles. The molecular formula is C25H42F3NO7. The fraction of sp³-hybridized carbons (Fsp3) is 0.880. The Morgan fingerprint density at radius 2 is 1.92 bits per heavy atom. The fourth-order valence-corrected chi connectivity index (χ4v) is 4.41. The summed E-state index contributed by atoms with van der Waals surface area (Å²) in [5.74, 6) is -3.11. The lowest BCUT2D eigenvalue weighted by Crippen LogP contribution is -2.69. The standard InChI is InChI=1S/C25H42F3NO7/c1-6-8-9-10-11-12-17(31-5)13-15-32-21-19(29-23(30)25(26,27)28)22(33-14-7-2)35-18-16-34-24(3,4)36-20(18)21/h7,17-22H,2,6,8-16H2,1,3-5H3,(H,29,30). The lowest BCUT2D eigenvalue weighted by Gasteiger charge is -2.51. The maximum Gasteiger partial charge on any atom is 0.471 e. The van der Waals surface area contributed by atoms with Crippen LogP contribution in [0.15, 0.2) is 12.7 Å². The first-order valence-corrected chi connectivity index (χ1v) is 12.7. The lowest BCUT2D eigenvalue weighted by molar-refractivity contribution is -0.371. The third kappa shape index (κ3) is 9.57. The van der Waals surface area contributed by atoms with Crippen molar-refractivity contribution in [2.24, 2.45) is 0 Å². The quantitative estimate of drug-likeness (QED) is 0.253. The van der Waals surface area contributed by atoms with Crippen molar-refractivity contribution in [3.8, 4) is 0 Å². The highest BCUT2D eigenvalue weighted by atomic mass is 19.4. The van der Waals surface area contributed by atoms with Gasteiger partial charge in [-0.05, 0) is 26.7 Å². The largest absolute Gasteiger partial charge is 0.471 e. The van der Waals surface area contributed by atoms with Crippen LogP contribution in [0.3, 0.4) is 0 Å². The molecule has 11 heteroatoms. The molecule has 0 bridgehead atoms. The van der Waals surface area contributed by atoms with Crippen molar-refractivity contribution in [1.29, 1.82) is 0 Å². The minimum atomic E-state index is -5.08. The molecule has 1 amide bonds. The zero-order chi connectivity index (χ0) is 26.8. The molecule has 2 rings (SSSR count). The summed E-state index contributed by atoms with van der Waals surface area (Å²) in [5.41, 5.74) is 0. The van der Waals surface area contributed by atoms with Crippen LogP contribution in [0.25, 0.3) is 0 Å². The van der Waals surface area contributed by atoms with Crippen LogP contribution in [0.2, 0.25) is 0 Å². The van der Waals surface area contributed by atoms with Gasteiger partial charge in [0.1, 0.15) is 24.4 Å². The molecule has 36 heavy (non-hydrogen) atoms. The summed E-state index contributed by atoms with van der Waals surface area (Å²) >= 11 is 0. The first kappa shape index (κ1) is 31.0. The maximum atomic E-state index is 13.1. The van der Waals surface area contributed by atoms with Crippen LogP contribution in [0.5, 0.6) is 0 Å². The second kappa shape index (κ2) is 14.6. The molecule has 210 valence electrons. The number of halogens is 3. The number of amides is 1. The minimum Gasteiger partial charge on any atom is -0.381 e. The number of nitrogens with one attached hydrogen (secondary N) is 1. The van der Waals surface area contributed by atoms with E-state index in [1.807, 2.05) is 5.32 Å². The van der Waals surface area contributed by atoms with E-state index in [9.17, 15) is 18.0 Å². The van der Waals surface area contributed by atoms with E-state index in [-0.39, 0.29) is 25.9 Å². The number of ether oxygens (including phenoxy) is 6. The van der Waals surface area contributed by atoms with Gasteiger partial charge >= 0.3 is 12.1 Å². The molecule has 2 aliphatic rings. The van der Waals surface area contributed by atoms with E-state index < -0.39 is 48.5 Å². The summed E-state index contributed by atoms with van der Waals surface area (Å²) in [6, 6.07) is -1.27. The van der Waals surface area contributed by atoms with E-state index in [2.05, 4.69) is 13.5 Å². The van der Waals surface area contributed by atoms with Crippen molar-refractivity contribution >= 4 is 5.91 Å². The zero-order valence-corrected chi connectivity index (χ0v) is 21.8. The van der Waals surface area contributed by atoms with E-state index >= 15 is 0 Å². The highest BCUT2D eigenvalue weighted by Gasteiger charge is 2.54. The Bertz CT molecular complexity index is 677. The molecule has 0 aromatic rings. The molecule has 0 radical (unpaired) electrons. The second-order valence-corrected chi connectivity index (χ2v) is 9.64. The number of carbonyl (C=O) groups is 1. The van der Waals surface area contributed by atoms with Gasteiger partial charge in [0.15, 0.2) is 12.1 Å². The monoisotopic (exact) mass is 525 g/mol. The van der Waals surface area contributed by atoms with Gasteiger partial charge in [-0.3, -0.25) is 4.79 Å². The number of methoxy groups -OCH3 is 1. The summed E-state index contributed by atoms with van der Waals surface area (Å²) in [4.78, 5) is 11.9. The van der Waals surface area contributed by atoms with Gasteiger partial charge in [0.05, 0.1) is 19.3 Å². The number of carbonyl (C=O) groups excluding carboxylic acids is 1. The summed E-state index contributed by atoms with van der Waals surface area (Å²) in [6.07, 6.45) is -0.242. The Morgan fingerprint density at radius 3 is 2.56 bits per heavy atom. The van der Waals surface area contributed by atoms with Crippen molar-refractivity contribution in [3.63, 3.8) is 0 Å². The van der Waals surface area contributed by atoms with Crippen LogP contribution in [0.4, 0.5) is 13.2 Å². The molecule has 2 fully saturated rings. The average molecular weight is 526 g/mol. The van der Waals surface area contributed by atoms with Crippen LogP contribution < -0.4 is 5.32 Å². The topological polar surface area (TPSA) is 84.5 Å². The van der Waals surface area contributed by atoms with Crippen molar-refractivity contribution in [3.05, 3.63) is 12.7 Å². The van der Waals surface area contributed by atoms with Crippen LogP contribution >= 0.6 is 0 Å². The molecule has 0 aromatic heterocycles. The Morgan fingerprint density at radius 1 is 1.19 bits per heavy atom. The zero-order valence-electron chi connectivity index (χ0n) is 21.8. The van der Waals surface area contributed by atoms with Gasteiger partial charge in [0.25, 0.3) is 0 Å². The maximum absolute atomic E-state index is 13.1. The number of fused-ring (bicyclic) bond motifs is 1. The smallest absolute Gasteiger partial charge is 0.381 e. The molecule has 0 spiro atoms. The third-order valence-electron chi connectivity index (χ3n) is 6.31. The van der Waals surface area contributed by atoms with E-state index in [0.717, 1.165) is 19.3 Å². The van der Waals surface area contributed by atoms with Crippen LogP contribution in [-0.2, 0) is 33.2 Å². The van der Waals surface area contributed by atoms with Gasteiger partial charge < -0.3 is 33.7 Å². The Labute approximate surface area is 212 Å². The van der Waals surface area contributed by atoms with E-state index in [4.69, 9.17) is 28.4 Å². The summed E-state index contributed by atoms with van der Waals surface area (Å²) in [7, 11) is 1.64. The van der Waals surface area contributed by atoms with Gasteiger partial charge in [0, 0.05) is 13.7 Å². The van der Waals surface area contributed by atoms with Crippen LogP contribution in [-0.4, -0.2) is 81.5 Å². The molecule has 0 aliphatic carbocycles. The number of rotatable bonds is 15. The number of alkyl halides is 3. The number of hydrogen-bond donors (Lipinski definition) is 1.